The topological polar surface area (TPSA) is 52.6 Å². The highest BCUT2D eigenvalue weighted by molar-refractivity contribution is 6.00. The second kappa shape index (κ2) is 7.43. The molecule has 4 nitrogen and oxygen atoms in total. The Hall–Kier alpha value is -2.36. The first-order valence-electron chi connectivity index (χ1n) is 6.53. The van der Waals surface area contributed by atoms with Crippen molar-refractivity contribution in [2.75, 3.05) is 14.2 Å². The largest absolute Gasteiger partial charge is 0.468 e. The number of rotatable bonds is 6. The number of hydrogen-bond donors (Lipinski definition) is 0. The monoisotopic (exact) mass is 288 g/mol. The lowest BCUT2D eigenvalue weighted by Crippen LogP contribution is -2.43. The van der Waals surface area contributed by atoms with Crippen molar-refractivity contribution in [1.82, 2.24) is 0 Å². The van der Waals surface area contributed by atoms with Gasteiger partial charge in [-0.2, -0.15) is 0 Å². The van der Waals surface area contributed by atoms with Crippen LogP contribution in [-0.4, -0.2) is 26.2 Å². The van der Waals surface area contributed by atoms with E-state index in [1.54, 1.807) is 6.08 Å². The van der Waals surface area contributed by atoms with E-state index >= 15 is 0 Å². The molecule has 1 aromatic carbocycles. The van der Waals surface area contributed by atoms with Crippen LogP contribution in [-0.2, 0) is 19.1 Å². The maximum Gasteiger partial charge on any atom is 0.323 e. The molecule has 1 rings (SSSR count). The van der Waals surface area contributed by atoms with Gasteiger partial charge in [-0.1, -0.05) is 48.6 Å². The summed E-state index contributed by atoms with van der Waals surface area (Å²) < 4.78 is 9.50. The summed E-state index contributed by atoms with van der Waals surface area (Å²) in [6, 6.07) is 9.56. The van der Waals surface area contributed by atoms with Gasteiger partial charge in [-0.05, 0) is 12.5 Å². The summed E-state index contributed by atoms with van der Waals surface area (Å²) in [5.41, 5.74) is -0.502. The Kier molecular flexibility index (Phi) is 5.91. The van der Waals surface area contributed by atoms with Crippen LogP contribution in [0.2, 0.25) is 0 Å². The van der Waals surface area contributed by atoms with E-state index in [4.69, 9.17) is 9.47 Å². The van der Waals surface area contributed by atoms with Crippen LogP contribution in [0.1, 0.15) is 12.5 Å². The number of esters is 2. The molecular formula is C17H20O4. The third-order valence-corrected chi connectivity index (χ3v) is 3.44. The summed E-state index contributed by atoms with van der Waals surface area (Å²) in [5.74, 6) is -1.86. The standard InChI is InChI=1S/C17H20O4/c1-5-14(12-11-13-9-7-6-8-10-13)17(2,15(18)20-3)16(19)21-4/h5-12,14H,1H2,2-4H3/b12-11+. The quantitative estimate of drug-likeness (QED) is 0.459. The Morgan fingerprint density at radius 3 is 2.10 bits per heavy atom. The maximum atomic E-state index is 12.0. The summed E-state index contributed by atoms with van der Waals surface area (Å²) in [6.45, 7) is 5.20. The Balaban J connectivity index is 3.14. The lowest BCUT2D eigenvalue weighted by Gasteiger charge is -2.28. The van der Waals surface area contributed by atoms with Crippen LogP contribution in [0.25, 0.3) is 6.08 Å². The molecule has 0 fully saturated rings. The van der Waals surface area contributed by atoms with Gasteiger partial charge in [0.25, 0.3) is 0 Å². The molecule has 4 heteroatoms. The molecule has 21 heavy (non-hydrogen) atoms. The number of allylic oxidation sites excluding steroid dienone is 2. The van der Waals surface area contributed by atoms with Gasteiger partial charge < -0.3 is 9.47 Å². The van der Waals surface area contributed by atoms with Crippen molar-refractivity contribution < 1.29 is 19.1 Å². The average molecular weight is 288 g/mol. The van der Waals surface area contributed by atoms with Gasteiger partial charge >= 0.3 is 11.9 Å². The van der Waals surface area contributed by atoms with Gasteiger partial charge in [0.2, 0.25) is 0 Å². The van der Waals surface area contributed by atoms with Gasteiger partial charge in [0.05, 0.1) is 14.2 Å². The molecule has 0 aromatic heterocycles. The van der Waals surface area contributed by atoms with E-state index in [1.807, 2.05) is 36.4 Å². The van der Waals surface area contributed by atoms with Gasteiger partial charge in [-0.15, -0.1) is 6.58 Å². The van der Waals surface area contributed by atoms with Gasteiger partial charge in [-0.25, -0.2) is 0 Å². The Bertz CT molecular complexity index is 515. The molecule has 0 bridgehead atoms. The summed E-state index contributed by atoms with van der Waals surface area (Å²) in [5, 5.41) is 0. The van der Waals surface area contributed by atoms with Crippen LogP contribution in [0.5, 0.6) is 0 Å². The Labute approximate surface area is 125 Å². The average Bonchev–Trinajstić information content (AvgIpc) is 2.54. The summed E-state index contributed by atoms with van der Waals surface area (Å²) in [7, 11) is 2.48. The zero-order valence-corrected chi connectivity index (χ0v) is 12.5. The fraction of sp³-hybridized carbons (Fsp3) is 0.294. The molecule has 0 saturated carbocycles. The minimum Gasteiger partial charge on any atom is -0.468 e. The molecule has 0 aliphatic carbocycles. The van der Waals surface area contributed by atoms with E-state index in [2.05, 4.69) is 6.58 Å². The first-order valence-corrected chi connectivity index (χ1v) is 6.53. The summed E-state index contributed by atoms with van der Waals surface area (Å²) in [6.07, 6.45) is 5.11. The highest BCUT2D eigenvalue weighted by Crippen LogP contribution is 2.33. The van der Waals surface area contributed by atoms with Crippen molar-refractivity contribution in [2.24, 2.45) is 11.3 Å². The van der Waals surface area contributed by atoms with Crippen LogP contribution in [0.3, 0.4) is 0 Å². The minimum absolute atomic E-state index is 0.544. The van der Waals surface area contributed by atoms with Crippen LogP contribution in [0, 0.1) is 11.3 Å². The molecule has 0 amide bonds. The van der Waals surface area contributed by atoms with E-state index in [-0.39, 0.29) is 0 Å². The molecule has 1 unspecified atom stereocenters. The highest BCUT2D eigenvalue weighted by Gasteiger charge is 2.48. The minimum atomic E-state index is -1.46. The Morgan fingerprint density at radius 2 is 1.67 bits per heavy atom. The van der Waals surface area contributed by atoms with Crippen molar-refractivity contribution in [3.05, 3.63) is 54.6 Å². The fourth-order valence-electron chi connectivity index (χ4n) is 2.07. The van der Waals surface area contributed by atoms with Crippen molar-refractivity contribution in [3.63, 3.8) is 0 Å². The van der Waals surface area contributed by atoms with Crippen LogP contribution in [0.4, 0.5) is 0 Å². The molecule has 0 spiro atoms. The molecule has 0 saturated heterocycles. The van der Waals surface area contributed by atoms with Gasteiger partial charge in [0.15, 0.2) is 5.41 Å². The van der Waals surface area contributed by atoms with Crippen LogP contribution in [0.15, 0.2) is 49.1 Å². The molecule has 0 radical (unpaired) electrons. The number of carbonyl (C=O) groups excluding carboxylic acids is 2. The van der Waals surface area contributed by atoms with Crippen molar-refractivity contribution in [2.45, 2.75) is 6.92 Å². The molecule has 1 atom stereocenters. The zero-order chi connectivity index (χ0) is 15.9. The predicted octanol–water partition coefficient (Wildman–Crippen LogP) is 2.85. The number of ether oxygens (including phenoxy) is 2. The lowest BCUT2D eigenvalue weighted by molar-refractivity contribution is -0.169. The van der Waals surface area contributed by atoms with Crippen molar-refractivity contribution >= 4 is 18.0 Å². The maximum absolute atomic E-state index is 12.0. The molecule has 0 aliphatic heterocycles. The molecule has 112 valence electrons. The zero-order valence-electron chi connectivity index (χ0n) is 12.5. The van der Waals surface area contributed by atoms with E-state index in [0.717, 1.165) is 5.56 Å². The molecular weight excluding hydrogens is 268 g/mol. The van der Waals surface area contributed by atoms with E-state index in [1.165, 1.54) is 27.2 Å². The Morgan fingerprint density at radius 1 is 1.14 bits per heavy atom. The van der Waals surface area contributed by atoms with Crippen molar-refractivity contribution in [3.8, 4) is 0 Å². The number of carbonyl (C=O) groups is 2. The predicted molar refractivity (Wildman–Crippen MR) is 81.3 cm³/mol. The highest BCUT2D eigenvalue weighted by atomic mass is 16.5. The van der Waals surface area contributed by atoms with E-state index in [0.29, 0.717) is 0 Å². The van der Waals surface area contributed by atoms with Crippen molar-refractivity contribution in [1.29, 1.82) is 0 Å². The molecule has 0 heterocycles. The first-order chi connectivity index (χ1) is 10.00. The first kappa shape index (κ1) is 16.7. The number of hydrogen-bond acceptors (Lipinski definition) is 4. The summed E-state index contributed by atoms with van der Waals surface area (Å²) in [4.78, 5) is 24.1. The van der Waals surface area contributed by atoms with E-state index in [9.17, 15) is 9.59 Å². The second-order valence-corrected chi connectivity index (χ2v) is 4.72. The third-order valence-electron chi connectivity index (χ3n) is 3.44. The lowest BCUT2D eigenvalue weighted by atomic mass is 9.76. The van der Waals surface area contributed by atoms with E-state index < -0.39 is 23.3 Å². The molecule has 0 aliphatic rings. The number of benzene rings is 1. The molecule has 1 aromatic rings. The SMILES string of the molecule is C=CC(/C=C/c1ccccc1)C(C)(C(=O)OC)C(=O)OC. The normalized spacial score (nSPS) is 12.7. The van der Waals surface area contributed by atoms with Crippen LogP contribution < -0.4 is 0 Å². The fourth-order valence-corrected chi connectivity index (χ4v) is 2.07. The van der Waals surface area contributed by atoms with Crippen LogP contribution >= 0.6 is 0 Å². The van der Waals surface area contributed by atoms with Gasteiger partial charge in [0, 0.05) is 5.92 Å². The van der Waals surface area contributed by atoms with Gasteiger partial charge in [-0.3, -0.25) is 9.59 Å². The summed E-state index contributed by atoms with van der Waals surface area (Å²) >= 11 is 0. The van der Waals surface area contributed by atoms with Gasteiger partial charge in [0.1, 0.15) is 0 Å². The molecule has 0 N–H and O–H groups in total. The second-order valence-electron chi connectivity index (χ2n) is 4.72. The smallest absolute Gasteiger partial charge is 0.323 e. The number of methoxy groups -OCH3 is 2. The third kappa shape index (κ3) is 3.60.